The van der Waals surface area contributed by atoms with Gasteiger partial charge in [-0.05, 0) is 96.3 Å². The Bertz CT molecular complexity index is 1320. The van der Waals surface area contributed by atoms with Gasteiger partial charge in [-0.15, -0.1) is 0 Å². The number of ether oxygens (including phenoxy) is 1. The van der Waals surface area contributed by atoms with E-state index in [1.54, 1.807) is 6.08 Å². The summed E-state index contributed by atoms with van der Waals surface area (Å²) in [5, 5.41) is 23.2. The van der Waals surface area contributed by atoms with Crippen molar-refractivity contribution in [3.05, 3.63) is 60.8 Å². The van der Waals surface area contributed by atoms with Crippen LogP contribution >= 0.6 is 0 Å². The molecule has 0 aliphatic carbocycles. The van der Waals surface area contributed by atoms with Crippen LogP contribution in [-0.4, -0.2) is 47.4 Å². The van der Waals surface area contributed by atoms with Crippen LogP contribution in [-0.2, 0) is 14.3 Å². The third kappa shape index (κ3) is 60.8. The van der Waals surface area contributed by atoms with Crippen LogP contribution in [0, 0.1) is 0 Å². The average Bonchev–Trinajstić information content (AvgIpc) is 3.42. The second kappa shape index (κ2) is 65.1. The molecule has 0 saturated heterocycles. The fourth-order valence-electron chi connectivity index (χ4n) is 10.1. The SMILES string of the molecule is CCCCC/C=C\C/C=C\CCCCCCCCCC(=O)OCCCCCCCCCCC/C=C\C/C=C\CCCCCCCCCC(=O)NC(CO)C(O)/C=C/CCCCCCCCCCCCCCCCCCC. The molecule has 76 heavy (non-hydrogen) atoms. The fraction of sp³-hybridized carbons (Fsp3) is 0.829. The van der Waals surface area contributed by atoms with Gasteiger partial charge in [0.2, 0.25) is 5.91 Å². The number of rotatable bonds is 62. The maximum atomic E-state index is 12.5. The summed E-state index contributed by atoms with van der Waals surface area (Å²) in [5.41, 5.74) is 0. The van der Waals surface area contributed by atoms with Crippen molar-refractivity contribution in [3.63, 3.8) is 0 Å². The lowest BCUT2D eigenvalue weighted by atomic mass is 10.0. The van der Waals surface area contributed by atoms with E-state index in [0.717, 1.165) is 70.6 Å². The molecule has 0 bridgehead atoms. The average molecular weight is 1060 g/mol. The van der Waals surface area contributed by atoms with Gasteiger partial charge in [0.25, 0.3) is 0 Å². The van der Waals surface area contributed by atoms with Crippen molar-refractivity contribution in [2.75, 3.05) is 13.2 Å². The van der Waals surface area contributed by atoms with E-state index >= 15 is 0 Å². The lowest BCUT2D eigenvalue weighted by molar-refractivity contribution is -0.143. The zero-order chi connectivity index (χ0) is 55.0. The summed E-state index contributed by atoms with van der Waals surface area (Å²) < 4.78 is 5.49. The summed E-state index contributed by atoms with van der Waals surface area (Å²) in [6.45, 7) is 4.88. The van der Waals surface area contributed by atoms with Crippen LogP contribution in [0.1, 0.15) is 348 Å². The quantitative estimate of drug-likeness (QED) is 0.0320. The molecule has 2 unspecified atom stereocenters. The molecular weight excluding hydrogens is 935 g/mol. The number of amides is 1. The molecule has 1 amide bonds. The van der Waals surface area contributed by atoms with Gasteiger partial charge in [-0.25, -0.2) is 0 Å². The topological polar surface area (TPSA) is 95.9 Å². The largest absolute Gasteiger partial charge is 0.466 e. The maximum Gasteiger partial charge on any atom is 0.305 e. The van der Waals surface area contributed by atoms with Crippen LogP contribution in [0.5, 0.6) is 0 Å². The Kier molecular flexibility index (Phi) is 63.0. The molecule has 6 heteroatoms. The minimum Gasteiger partial charge on any atom is -0.466 e. The van der Waals surface area contributed by atoms with Gasteiger partial charge in [-0.2, -0.15) is 0 Å². The maximum absolute atomic E-state index is 12.5. The number of unbranched alkanes of at least 4 members (excludes halogenated alkanes) is 43. The van der Waals surface area contributed by atoms with Crippen molar-refractivity contribution in [1.82, 2.24) is 5.32 Å². The lowest BCUT2D eigenvalue weighted by Gasteiger charge is -2.20. The van der Waals surface area contributed by atoms with Gasteiger partial charge in [-0.1, -0.05) is 299 Å². The number of hydrogen-bond donors (Lipinski definition) is 3. The molecule has 3 N–H and O–H groups in total. The predicted molar refractivity (Wildman–Crippen MR) is 333 cm³/mol. The van der Waals surface area contributed by atoms with E-state index in [2.05, 4.69) is 67.8 Å². The van der Waals surface area contributed by atoms with E-state index in [-0.39, 0.29) is 18.5 Å². The van der Waals surface area contributed by atoms with Gasteiger partial charge in [0.15, 0.2) is 0 Å². The molecule has 0 spiro atoms. The lowest BCUT2D eigenvalue weighted by Crippen LogP contribution is -2.45. The second-order valence-electron chi connectivity index (χ2n) is 22.8. The number of carbonyl (C=O) groups is 2. The summed E-state index contributed by atoms with van der Waals surface area (Å²) in [7, 11) is 0. The number of nitrogens with one attached hydrogen (secondary N) is 1. The number of aliphatic hydroxyl groups is 2. The Morgan fingerprint density at radius 2 is 0.658 bits per heavy atom. The van der Waals surface area contributed by atoms with Crippen LogP contribution in [0.15, 0.2) is 60.8 Å². The Hall–Kier alpha value is -2.44. The van der Waals surface area contributed by atoms with Crippen molar-refractivity contribution >= 4 is 11.9 Å². The van der Waals surface area contributed by atoms with Crippen LogP contribution in [0.4, 0.5) is 0 Å². The predicted octanol–water partition coefficient (Wildman–Crippen LogP) is 21.5. The van der Waals surface area contributed by atoms with Crippen LogP contribution in [0.2, 0.25) is 0 Å². The van der Waals surface area contributed by atoms with Gasteiger partial charge in [-0.3, -0.25) is 9.59 Å². The molecule has 2 atom stereocenters. The summed E-state index contributed by atoms with van der Waals surface area (Å²) >= 11 is 0. The van der Waals surface area contributed by atoms with Gasteiger partial charge in [0, 0.05) is 12.8 Å². The number of carbonyl (C=O) groups excluding carboxylic acids is 2. The molecule has 0 fully saturated rings. The third-order valence-corrected chi connectivity index (χ3v) is 15.3. The van der Waals surface area contributed by atoms with E-state index in [1.807, 2.05) is 6.08 Å². The molecule has 0 aromatic heterocycles. The fourth-order valence-corrected chi connectivity index (χ4v) is 10.1. The second-order valence-corrected chi connectivity index (χ2v) is 22.8. The van der Waals surface area contributed by atoms with E-state index < -0.39 is 12.1 Å². The number of esters is 1. The molecule has 0 heterocycles. The Morgan fingerprint density at radius 3 is 1.03 bits per heavy atom. The van der Waals surface area contributed by atoms with E-state index in [4.69, 9.17) is 4.74 Å². The monoisotopic (exact) mass is 1060 g/mol. The van der Waals surface area contributed by atoms with Gasteiger partial charge in [0.1, 0.15) is 0 Å². The molecular formula is C70H129NO5. The molecule has 0 radical (unpaired) electrons. The Morgan fingerprint density at radius 1 is 0.368 bits per heavy atom. The Labute approximate surface area is 473 Å². The van der Waals surface area contributed by atoms with E-state index in [9.17, 15) is 19.8 Å². The molecule has 0 rings (SSSR count). The van der Waals surface area contributed by atoms with Gasteiger partial charge < -0.3 is 20.3 Å². The first kappa shape index (κ1) is 73.6. The van der Waals surface area contributed by atoms with Crippen molar-refractivity contribution in [3.8, 4) is 0 Å². The number of hydrogen-bond acceptors (Lipinski definition) is 5. The van der Waals surface area contributed by atoms with Gasteiger partial charge in [0.05, 0.1) is 25.4 Å². The van der Waals surface area contributed by atoms with Crippen molar-refractivity contribution in [2.24, 2.45) is 0 Å². The number of allylic oxidation sites excluding steroid dienone is 9. The zero-order valence-electron chi connectivity index (χ0n) is 50.7. The highest BCUT2D eigenvalue weighted by atomic mass is 16.5. The van der Waals surface area contributed by atoms with Crippen LogP contribution in [0.25, 0.3) is 0 Å². The molecule has 444 valence electrons. The summed E-state index contributed by atoms with van der Waals surface area (Å²) in [4.78, 5) is 24.6. The van der Waals surface area contributed by atoms with E-state index in [1.165, 1.54) is 250 Å². The van der Waals surface area contributed by atoms with Crippen molar-refractivity contribution < 1.29 is 24.5 Å². The minimum absolute atomic E-state index is 0.00147. The summed E-state index contributed by atoms with van der Waals surface area (Å²) in [5.74, 6) is -0.0784. The van der Waals surface area contributed by atoms with Crippen LogP contribution < -0.4 is 5.32 Å². The standard InChI is InChI=1S/C70H129NO5/c1-3-5-7-9-11-13-15-17-19-21-27-31-34-38-42-46-50-54-58-62-68(73)67(66-72)71-69(74)63-59-55-51-47-43-39-35-32-28-25-23-22-24-26-29-33-37-41-45-49-53-57-61-65-76-70(75)64-60-56-52-48-44-40-36-30-20-18-16-14-12-10-8-6-4-2/h12,14,18,20,22,24-25,28,58,62,67-68,72-73H,3-11,13,15-17,19,21,23,26-27,29-57,59-61,63-66H2,1-2H3,(H,71,74)/b14-12-,20-18-,24-22-,28-25-,62-58+. The highest BCUT2D eigenvalue weighted by molar-refractivity contribution is 5.76. The summed E-state index contributed by atoms with van der Waals surface area (Å²) in [6, 6.07) is -0.638. The van der Waals surface area contributed by atoms with Gasteiger partial charge >= 0.3 is 5.97 Å². The highest BCUT2D eigenvalue weighted by Gasteiger charge is 2.18. The van der Waals surface area contributed by atoms with Crippen LogP contribution in [0.3, 0.4) is 0 Å². The number of aliphatic hydroxyl groups excluding tert-OH is 2. The third-order valence-electron chi connectivity index (χ3n) is 15.3. The first-order chi connectivity index (χ1) is 37.5. The van der Waals surface area contributed by atoms with E-state index in [0.29, 0.717) is 19.4 Å². The van der Waals surface area contributed by atoms with Crippen molar-refractivity contribution in [2.45, 2.75) is 360 Å². The van der Waals surface area contributed by atoms with Crippen molar-refractivity contribution in [1.29, 1.82) is 0 Å². The smallest absolute Gasteiger partial charge is 0.305 e. The molecule has 0 aliphatic heterocycles. The molecule has 0 aliphatic rings. The normalized spacial score (nSPS) is 12.9. The zero-order valence-corrected chi connectivity index (χ0v) is 50.7. The first-order valence-electron chi connectivity index (χ1n) is 33.6. The minimum atomic E-state index is -0.853. The summed E-state index contributed by atoms with van der Waals surface area (Å²) in [6.07, 6.45) is 85.6. The Balaban J connectivity index is 3.48. The molecule has 6 nitrogen and oxygen atoms in total. The first-order valence-corrected chi connectivity index (χ1v) is 33.6. The molecule has 0 aromatic carbocycles. The highest BCUT2D eigenvalue weighted by Crippen LogP contribution is 2.17. The molecule has 0 aromatic rings. The molecule has 0 saturated carbocycles.